The molecule has 2 saturated heterocycles. The third kappa shape index (κ3) is 10.5. The van der Waals surface area contributed by atoms with Crippen LogP contribution in [0.3, 0.4) is 0 Å². The number of hydrogen-bond donors (Lipinski definition) is 5. The zero-order valence-corrected chi connectivity index (χ0v) is 36.1. The van der Waals surface area contributed by atoms with Crippen LogP contribution < -0.4 is 36.2 Å². The molecule has 330 valence electrons. The van der Waals surface area contributed by atoms with Crippen molar-refractivity contribution in [3.63, 3.8) is 0 Å². The van der Waals surface area contributed by atoms with Crippen LogP contribution in [0.15, 0.2) is 66.9 Å². The van der Waals surface area contributed by atoms with E-state index in [1.54, 1.807) is 44.5 Å². The third-order valence-corrected chi connectivity index (χ3v) is 11.7. The molecule has 0 saturated carbocycles. The molecule has 0 bridgehead atoms. The van der Waals surface area contributed by atoms with Crippen molar-refractivity contribution in [1.82, 2.24) is 30.4 Å². The summed E-state index contributed by atoms with van der Waals surface area (Å²) in [5, 5.41) is 14.3. The van der Waals surface area contributed by atoms with Crippen LogP contribution in [0.5, 0.6) is 5.75 Å². The molecule has 3 aromatic carbocycles. The van der Waals surface area contributed by atoms with E-state index in [2.05, 4.69) is 52.4 Å². The highest BCUT2D eigenvalue weighted by Gasteiger charge is 2.45. The molecule has 5 N–H and O–H groups in total. The van der Waals surface area contributed by atoms with Gasteiger partial charge in [0, 0.05) is 57.8 Å². The van der Waals surface area contributed by atoms with E-state index in [0.717, 1.165) is 75.4 Å². The molecule has 17 nitrogen and oxygen atoms in total. The molecule has 2 fully saturated rings. The number of methoxy groups -OCH3 is 1. The molecule has 0 aliphatic carbocycles. The van der Waals surface area contributed by atoms with E-state index in [1.165, 1.54) is 12.3 Å². The quantitative estimate of drug-likeness (QED) is 0.0586. The highest BCUT2D eigenvalue weighted by atomic mass is 35.5. The molecule has 3 aliphatic rings. The number of piperidine rings is 1. The number of anilines is 6. The van der Waals surface area contributed by atoms with E-state index in [0.29, 0.717) is 45.9 Å². The Morgan fingerprint density at radius 3 is 2.37 bits per heavy atom. The van der Waals surface area contributed by atoms with E-state index >= 15 is 0 Å². The van der Waals surface area contributed by atoms with Crippen molar-refractivity contribution in [2.75, 3.05) is 67.7 Å². The van der Waals surface area contributed by atoms with E-state index in [-0.39, 0.29) is 47.9 Å². The highest BCUT2D eigenvalue weighted by Crippen LogP contribution is 2.35. The minimum absolute atomic E-state index is 0.0339. The Labute approximate surface area is 370 Å². The molecule has 63 heavy (non-hydrogen) atoms. The van der Waals surface area contributed by atoms with Crippen molar-refractivity contribution in [3.05, 3.63) is 88.6 Å². The number of nitrogens with one attached hydrogen (secondary N) is 5. The van der Waals surface area contributed by atoms with Gasteiger partial charge in [-0.2, -0.15) is 4.98 Å². The molecule has 4 aromatic rings. The summed E-state index contributed by atoms with van der Waals surface area (Å²) in [6, 6.07) is 16.7. The monoisotopic (exact) mass is 878 g/mol. The first kappa shape index (κ1) is 44.5. The molecule has 6 amide bonds. The van der Waals surface area contributed by atoms with Gasteiger partial charge in [-0.05, 0) is 62.2 Å². The molecule has 1 aromatic heterocycles. The number of para-hydroxylation sites is 1. The summed E-state index contributed by atoms with van der Waals surface area (Å²) in [4.78, 5) is 90.3. The molecule has 1 unspecified atom stereocenters. The summed E-state index contributed by atoms with van der Waals surface area (Å²) in [5.41, 5.74) is 3.21. The summed E-state index contributed by atoms with van der Waals surface area (Å²) in [7, 11) is 3.20. The topological polar surface area (TPSA) is 207 Å². The number of halogens is 1. The summed E-state index contributed by atoms with van der Waals surface area (Å²) < 4.78 is 5.76. The summed E-state index contributed by atoms with van der Waals surface area (Å²) in [6.45, 7) is 4.71. The average molecular weight is 879 g/mol. The normalized spacial score (nSPS) is 16.4. The van der Waals surface area contributed by atoms with Crippen LogP contribution >= 0.6 is 11.6 Å². The summed E-state index contributed by atoms with van der Waals surface area (Å²) in [5.74, 6) is -1.57. The maximum absolute atomic E-state index is 13.3. The molecule has 1 atom stereocenters. The van der Waals surface area contributed by atoms with Gasteiger partial charge in [-0.3, -0.25) is 43.9 Å². The lowest BCUT2D eigenvalue weighted by molar-refractivity contribution is -0.136. The highest BCUT2D eigenvalue weighted by molar-refractivity contribution is 6.33. The van der Waals surface area contributed by atoms with Crippen LogP contribution in [0.4, 0.5) is 34.5 Å². The number of fused-ring (bicyclic) bond motifs is 1. The number of carbonyl (C=O) groups excluding carboxylic acids is 6. The number of rotatable bonds is 18. The maximum atomic E-state index is 13.3. The van der Waals surface area contributed by atoms with E-state index < -0.39 is 29.7 Å². The number of carbonyl (C=O) groups is 6. The number of imide groups is 2. The van der Waals surface area contributed by atoms with Gasteiger partial charge in [0.15, 0.2) is 5.82 Å². The predicted octanol–water partition coefficient (Wildman–Crippen LogP) is 5.88. The Morgan fingerprint density at radius 2 is 1.60 bits per heavy atom. The number of amides is 6. The number of hydrogen-bond acceptors (Lipinski definition) is 13. The molecule has 3 aliphatic heterocycles. The fraction of sp³-hybridized carbons (Fsp3) is 0.378. The van der Waals surface area contributed by atoms with E-state index in [4.69, 9.17) is 16.3 Å². The van der Waals surface area contributed by atoms with Gasteiger partial charge in [0.05, 0.1) is 47.1 Å². The van der Waals surface area contributed by atoms with Crippen molar-refractivity contribution in [2.45, 2.75) is 63.8 Å². The second-order valence-corrected chi connectivity index (χ2v) is 16.0. The van der Waals surface area contributed by atoms with E-state index in [9.17, 15) is 28.8 Å². The smallest absolute Gasteiger partial charge is 0.264 e. The van der Waals surface area contributed by atoms with Crippen molar-refractivity contribution >= 4 is 81.6 Å². The third-order valence-electron chi connectivity index (χ3n) is 11.4. The summed E-state index contributed by atoms with van der Waals surface area (Å²) >= 11 is 6.43. The zero-order valence-electron chi connectivity index (χ0n) is 35.3. The Balaban J connectivity index is 0.797. The largest absolute Gasteiger partial charge is 0.494 e. The van der Waals surface area contributed by atoms with Crippen molar-refractivity contribution in [1.29, 1.82) is 0 Å². The van der Waals surface area contributed by atoms with Gasteiger partial charge in [0.2, 0.25) is 23.7 Å². The van der Waals surface area contributed by atoms with Gasteiger partial charge in [0.25, 0.3) is 17.7 Å². The maximum Gasteiger partial charge on any atom is 0.264 e. The van der Waals surface area contributed by atoms with Gasteiger partial charge < -0.3 is 30.9 Å². The van der Waals surface area contributed by atoms with Crippen LogP contribution in [-0.4, -0.2) is 108 Å². The lowest BCUT2D eigenvalue weighted by atomic mass is 10.0. The minimum Gasteiger partial charge on any atom is -0.494 e. The van der Waals surface area contributed by atoms with Crippen LogP contribution in [0.2, 0.25) is 5.02 Å². The fourth-order valence-corrected chi connectivity index (χ4v) is 8.20. The molecule has 4 heterocycles. The zero-order chi connectivity index (χ0) is 44.5. The number of benzene rings is 3. The predicted molar refractivity (Wildman–Crippen MR) is 239 cm³/mol. The standard InChI is InChI=1S/C45H51ClN10O7/c1-47-41(59)29-12-8-9-14-32(29)50-40-31(46)27-48-45(53-40)51-33-18-17-28(26-36(33)63-2)55-24-22-54(23-25-55)21-10-6-4-3-5-7-16-37(57)49-34-15-11-13-30-39(34)44(62)56(43(30)61)35-19-20-38(58)52-42(35)60/h8-9,11-15,17-18,26-27,35H,3-7,10,16,19-25H2,1-2H3,(H,47,59)(H,49,57)(H,52,58,60)(H2,48,50,51,53). The van der Waals surface area contributed by atoms with Crippen LogP contribution in [0, 0.1) is 0 Å². The van der Waals surface area contributed by atoms with Crippen LogP contribution in [0.1, 0.15) is 88.9 Å². The number of ether oxygens (including phenoxy) is 1. The van der Waals surface area contributed by atoms with Crippen molar-refractivity contribution < 1.29 is 33.5 Å². The van der Waals surface area contributed by atoms with E-state index in [1.807, 2.05) is 18.2 Å². The molecule has 7 rings (SSSR count). The number of unbranched alkanes of at least 4 members (excludes halogenated alkanes) is 5. The minimum atomic E-state index is -1.07. The van der Waals surface area contributed by atoms with Gasteiger partial charge in [-0.1, -0.05) is 55.5 Å². The fourth-order valence-electron chi connectivity index (χ4n) is 8.06. The first-order valence-electron chi connectivity index (χ1n) is 21.2. The molecular weight excluding hydrogens is 828 g/mol. The Hall–Kier alpha value is -6.59. The lowest BCUT2D eigenvalue weighted by Crippen LogP contribution is -2.54. The molecule has 0 spiro atoms. The van der Waals surface area contributed by atoms with Crippen molar-refractivity contribution in [3.8, 4) is 5.75 Å². The Kier molecular flexibility index (Phi) is 14.5. The lowest BCUT2D eigenvalue weighted by Gasteiger charge is -2.36. The Morgan fingerprint density at radius 1 is 0.857 bits per heavy atom. The molecule has 0 radical (unpaired) electrons. The first-order chi connectivity index (χ1) is 30.5. The van der Waals surface area contributed by atoms with Crippen LogP contribution in [0.25, 0.3) is 0 Å². The Bertz CT molecular complexity index is 2390. The molecular formula is C45H51ClN10O7. The summed E-state index contributed by atoms with van der Waals surface area (Å²) in [6.07, 6.45) is 7.76. The van der Waals surface area contributed by atoms with Gasteiger partial charge in [0.1, 0.15) is 16.8 Å². The van der Waals surface area contributed by atoms with Gasteiger partial charge in [-0.15, -0.1) is 0 Å². The number of nitrogens with zero attached hydrogens (tertiary/aromatic N) is 5. The van der Waals surface area contributed by atoms with Crippen molar-refractivity contribution in [2.24, 2.45) is 0 Å². The SMILES string of the molecule is CNC(=O)c1ccccc1Nc1nc(Nc2ccc(N3CCN(CCCCCCCCC(=O)Nc4cccc5c4C(=O)N(C4CCC(=O)NC4=O)C5=O)CC3)cc2OC)ncc1Cl. The first-order valence-corrected chi connectivity index (χ1v) is 21.6. The molecule has 18 heteroatoms. The number of aromatic nitrogens is 2. The average Bonchev–Trinajstić information content (AvgIpc) is 3.54. The van der Waals surface area contributed by atoms with Crippen LogP contribution in [-0.2, 0) is 14.4 Å². The second-order valence-electron chi connectivity index (χ2n) is 15.6. The second kappa shape index (κ2) is 20.5. The number of piperazine rings is 1. The van der Waals surface area contributed by atoms with Gasteiger partial charge in [-0.25, -0.2) is 4.98 Å². The van der Waals surface area contributed by atoms with Gasteiger partial charge >= 0.3 is 0 Å².